The number of halogens is 1. The van der Waals surface area contributed by atoms with E-state index in [1.165, 1.54) is 0 Å². The number of ether oxygens (including phenoxy) is 1. The normalized spacial score (nSPS) is 20.7. The molecule has 0 spiro atoms. The van der Waals surface area contributed by atoms with Gasteiger partial charge in [-0.05, 0) is 51.6 Å². The fraction of sp³-hybridized carbons (Fsp3) is 0.688. The first-order valence-corrected chi connectivity index (χ1v) is 9.65. The summed E-state index contributed by atoms with van der Waals surface area (Å²) in [5, 5.41) is 3.66. The van der Waals surface area contributed by atoms with Gasteiger partial charge < -0.3 is 10.1 Å². The van der Waals surface area contributed by atoms with Crippen LogP contribution in [0.4, 0.5) is 10.6 Å². The zero-order chi connectivity index (χ0) is 17.3. The number of hydrogen-bond acceptors (Lipinski definition) is 6. The summed E-state index contributed by atoms with van der Waals surface area (Å²) in [4.78, 5) is 24.0. The Morgan fingerprint density at radius 3 is 2.92 bits per heavy atom. The van der Waals surface area contributed by atoms with E-state index < -0.39 is 5.60 Å². The Bertz CT molecular complexity index is 635. The number of nitrogens with one attached hydrogen (secondary N) is 1. The molecule has 3 rings (SSSR count). The molecule has 1 amide bonds. The molecule has 3 heterocycles. The topological polar surface area (TPSA) is 67.3 Å². The van der Waals surface area contributed by atoms with Crippen LogP contribution in [0.2, 0.25) is 5.28 Å². The van der Waals surface area contributed by atoms with Crippen molar-refractivity contribution < 1.29 is 9.53 Å². The number of amides is 1. The lowest BCUT2D eigenvalue weighted by Gasteiger charge is -2.37. The number of likely N-dealkylation sites (tertiary alicyclic amines) is 1. The molecule has 132 valence electrons. The van der Waals surface area contributed by atoms with E-state index in [-0.39, 0.29) is 17.5 Å². The Kier molecular flexibility index (Phi) is 5.11. The predicted octanol–water partition coefficient (Wildman–Crippen LogP) is 3.94. The minimum absolute atomic E-state index is 0.134. The lowest BCUT2D eigenvalue weighted by Crippen LogP contribution is -2.49. The van der Waals surface area contributed by atoms with Crippen LogP contribution in [-0.2, 0) is 11.2 Å². The SMILES string of the molecule is CC(C)(C)OC(=O)N1CCCCC1Nc1nc(Cl)nc2c1SCC2. The van der Waals surface area contributed by atoms with E-state index in [0.29, 0.717) is 6.54 Å². The molecule has 1 fully saturated rings. The van der Waals surface area contributed by atoms with E-state index in [4.69, 9.17) is 16.3 Å². The van der Waals surface area contributed by atoms with Crippen molar-refractivity contribution in [2.45, 2.75) is 63.1 Å². The van der Waals surface area contributed by atoms with Crippen LogP contribution in [0, 0.1) is 0 Å². The molecule has 24 heavy (non-hydrogen) atoms. The Morgan fingerprint density at radius 2 is 2.17 bits per heavy atom. The molecule has 0 aliphatic carbocycles. The molecule has 0 saturated carbocycles. The lowest BCUT2D eigenvalue weighted by atomic mass is 10.1. The number of anilines is 1. The second-order valence-corrected chi connectivity index (χ2v) is 8.49. The monoisotopic (exact) mass is 370 g/mol. The first-order chi connectivity index (χ1) is 11.3. The molecule has 0 bridgehead atoms. The van der Waals surface area contributed by atoms with Gasteiger partial charge in [-0.2, -0.15) is 4.98 Å². The predicted molar refractivity (Wildman–Crippen MR) is 95.7 cm³/mol. The number of aryl methyl sites for hydroxylation is 1. The van der Waals surface area contributed by atoms with Gasteiger partial charge in [-0.25, -0.2) is 9.78 Å². The maximum absolute atomic E-state index is 12.5. The summed E-state index contributed by atoms with van der Waals surface area (Å²) in [6.45, 7) is 6.32. The molecule has 6 nitrogen and oxygen atoms in total. The van der Waals surface area contributed by atoms with Crippen molar-refractivity contribution in [3.8, 4) is 0 Å². The Hall–Kier alpha value is -1.21. The molecular formula is C16H23ClN4O2S. The molecule has 1 aromatic rings. The van der Waals surface area contributed by atoms with E-state index in [2.05, 4.69) is 15.3 Å². The fourth-order valence-electron chi connectivity index (χ4n) is 2.91. The van der Waals surface area contributed by atoms with E-state index >= 15 is 0 Å². The number of carbonyl (C=O) groups excluding carboxylic acids is 1. The third-order valence-corrected chi connectivity index (χ3v) is 5.22. The second kappa shape index (κ2) is 6.96. The number of hydrogen-bond donors (Lipinski definition) is 1. The van der Waals surface area contributed by atoms with Crippen molar-refractivity contribution in [2.75, 3.05) is 17.6 Å². The minimum Gasteiger partial charge on any atom is -0.444 e. The Balaban J connectivity index is 1.79. The van der Waals surface area contributed by atoms with Crippen LogP contribution < -0.4 is 5.32 Å². The summed E-state index contributed by atoms with van der Waals surface area (Å²) < 4.78 is 5.54. The minimum atomic E-state index is -0.506. The quantitative estimate of drug-likeness (QED) is 0.795. The molecular weight excluding hydrogens is 348 g/mol. The van der Waals surface area contributed by atoms with E-state index in [1.54, 1.807) is 16.7 Å². The standard InChI is InChI=1S/C16H23ClN4O2S/c1-16(2,3)23-15(22)21-8-5-4-6-11(21)19-13-12-10(7-9-24-12)18-14(17)20-13/h11H,4-9H2,1-3H3,(H,18,19,20). The molecule has 1 saturated heterocycles. The first-order valence-electron chi connectivity index (χ1n) is 8.29. The van der Waals surface area contributed by atoms with Crippen LogP contribution in [0.5, 0.6) is 0 Å². The molecule has 0 radical (unpaired) electrons. The van der Waals surface area contributed by atoms with Crippen LogP contribution in [0.3, 0.4) is 0 Å². The highest BCUT2D eigenvalue weighted by atomic mass is 35.5. The van der Waals surface area contributed by atoms with Gasteiger partial charge in [0.05, 0.1) is 10.6 Å². The Labute approximate surface area is 151 Å². The lowest BCUT2D eigenvalue weighted by molar-refractivity contribution is 0.0130. The number of fused-ring (bicyclic) bond motifs is 1. The molecule has 8 heteroatoms. The molecule has 2 aliphatic rings. The number of carbonyl (C=O) groups is 1. The summed E-state index contributed by atoms with van der Waals surface area (Å²) in [6.07, 6.45) is 3.38. The fourth-order valence-corrected chi connectivity index (χ4v) is 4.16. The van der Waals surface area contributed by atoms with Crippen molar-refractivity contribution in [3.63, 3.8) is 0 Å². The summed E-state index contributed by atoms with van der Waals surface area (Å²) >= 11 is 7.79. The highest BCUT2D eigenvalue weighted by Gasteiger charge is 2.32. The number of piperidine rings is 1. The zero-order valence-electron chi connectivity index (χ0n) is 14.3. The van der Waals surface area contributed by atoms with Gasteiger partial charge in [-0.15, -0.1) is 11.8 Å². The van der Waals surface area contributed by atoms with Gasteiger partial charge in [-0.1, -0.05) is 0 Å². The molecule has 1 atom stereocenters. The van der Waals surface area contributed by atoms with Gasteiger partial charge in [-0.3, -0.25) is 4.90 Å². The van der Waals surface area contributed by atoms with Gasteiger partial charge in [0.15, 0.2) is 0 Å². The van der Waals surface area contributed by atoms with Gasteiger partial charge in [0, 0.05) is 18.7 Å². The van der Waals surface area contributed by atoms with Crippen molar-refractivity contribution in [1.29, 1.82) is 0 Å². The first kappa shape index (κ1) is 17.6. The number of rotatable bonds is 2. The number of thioether (sulfide) groups is 1. The van der Waals surface area contributed by atoms with E-state index in [1.807, 2.05) is 20.8 Å². The second-order valence-electron chi connectivity index (χ2n) is 7.05. The van der Waals surface area contributed by atoms with Crippen LogP contribution in [0.15, 0.2) is 4.90 Å². The highest BCUT2D eigenvalue weighted by Crippen LogP contribution is 2.37. The maximum atomic E-state index is 12.5. The summed E-state index contributed by atoms with van der Waals surface area (Å²) in [5.74, 6) is 1.72. The van der Waals surface area contributed by atoms with E-state index in [9.17, 15) is 4.79 Å². The largest absolute Gasteiger partial charge is 0.444 e. The van der Waals surface area contributed by atoms with Crippen molar-refractivity contribution in [2.24, 2.45) is 0 Å². The van der Waals surface area contributed by atoms with Crippen molar-refractivity contribution >= 4 is 35.3 Å². The zero-order valence-corrected chi connectivity index (χ0v) is 15.8. The van der Waals surface area contributed by atoms with Gasteiger partial charge in [0.1, 0.15) is 17.6 Å². The van der Waals surface area contributed by atoms with Gasteiger partial charge >= 0.3 is 6.09 Å². The molecule has 0 aromatic carbocycles. The average molecular weight is 371 g/mol. The van der Waals surface area contributed by atoms with Crippen LogP contribution in [-0.4, -0.2) is 45.0 Å². The van der Waals surface area contributed by atoms with E-state index in [0.717, 1.165) is 47.8 Å². The van der Waals surface area contributed by atoms with Gasteiger partial charge in [0.2, 0.25) is 5.28 Å². The third-order valence-electron chi connectivity index (χ3n) is 3.93. The highest BCUT2D eigenvalue weighted by molar-refractivity contribution is 7.99. The molecule has 1 unspecified atom stereocenters. The summed E-state index contributed by atoms with van der Waals surface area (Å²) in [6, 6.07) is 0. The summed E-state index contributed by atoms with van der Waals surface area (Å²) in [7, 11) is 0. The van der Waals surface area contributed by atoms with Crippen molar-refractivity contribution in [1.82, 2.24) is 14.9 Å². The molecule has 2 aliphatic heterocycles. The number of nitrogens with zero attached hydrogens (tertiary/aromatic N) is 3. The average Bonchev–Trinajstić information content (AvgIpc) is 2.94. The maximum Gasteiger partial charge on any atom is 0.411 e. The number of aromatic nitrogens is 2. The third kappa shape index (κ3) is 4.06. The van der Waals surface area contributed by atoms with Crippen molar-refractivity contribution in [3.05, 3.63) is 11.0 Å². The molecule has 1 N–H and O–H groups in total. The molecule has 1 aromatic heterocycles. The smallest absolute Gasteiger partial charge is 0.411 e. The van der Waals surface area contributed by atoms with Gasteiger partial charge in [0.25, 0.3) is 0 Å². The van der Waals surface area contributed by atoms with Crippen LogP contribution in [0.25, 0.3) is 0 Å². The van der Waals surface area contributed by atoms with Crippen LogP contribution >= 0.6 is 23.4 Å². The summed E-state index contributed by atoms with van der Waals surface area (Å²) in [5.41, 5.74) is 0.483. The Morgan fingerprint density at radius 1 is 1.38 bits per heavy atom. The van der Waals surface area contributed by atoms with Crippen LogP contribution in [0.1, 0.15) is 45.7 Å².